The van der Waals surface area contributed by atoms with Crippen molar-refractivity contribution >= 4 is 33.7 Å². The van der Waals surface area contributed by atoms with Crippen molar-refractivity contribution in [3.63, 3.8) is 0 Å². The van der Waals surface area contributed by atoms with Crippen LogP contribution < -0.4 is 0 Å². The molecule has 0 saturated heterocycles. The van der Waals surface area contributed by atoms with Crippen LogP contribution in [0, 0.1) is 3.70 Å². The highest BCUT2D eigenvalue weighted by Gasteiger charge is 2.09. The zero-order valence-electron chi connectivity index (χ0n) is 5.11. The molecule has 1 atom stereocenters. The Kier molecular flexibility index (Phi) is 2.42. The molecule has 0 aliphatic heterocycles. The zero-order chi connectivity index (χ0) is 7.72. The minimum Gasteiger partial charge on any atom is -0.302 e. The lowest BCUT2D eigenvalue weighted by Crippen LogP contribution is -1.94. The average molecular weight is 272 g/mol. The lowest BCUT2D eigenvalue weighted by molar-refractivity contribution is 0.563. The Morgan fingerprint density at radius 1 is 1.90 bits per heavy atom. The van der Waals surface area contributed by atoms with Gasteiger partial charge in [-0.05, 0) is 22.6 Å². The van der Waals surface area contributed by atoms with Crippen molar-refractivity contribution in [2.75, 3.05) is 0 Å². The minimum absolute atomic E-state index is 0.364. The first-order valence-electron chi connectivity index (χ1n) is 2.41. The van der Waals surface area contributed by atoms with Crippen LogP contribution in [-0.2, 0) is 18.1 Å². The molecule has 0 bridgehead atoms. The van der Waals surface area contributed by atoms with Gasteiger partial charge in [-0.25, -0.2) is 4.21 Å². The SMILES string of the molecule is Cn1ncc(S(=O)O)c1I. The van der Waals surface area contributed by atoms with Crippen LogP contribution in [0.2, 0.25) is 0 Å². The fourth-order valence-electron chi connectivity index (χ4n) is 0.520. The van der Waals surface area contributed by atoms with E-state index in [9.17, 15) is 4.21 Å². The summed E-state index contributed by atoms with van der Waals surface area (Å²) in [5.74, 6) is 0. The molecule has 1 N–H and O–H groups in total. The number of aryl methyl sites for hydroxylation is 1. The smallest absolute Gasteiger partial charge is 0.190 e. The predicted octanol–water partition coefficient (Wildman–Crippen LogP) is 0.605. The van der Waals surface area contributed by atoms with E-state index in [1.807, 2.05) is 22.6 Å². The van der Waals surface area contributed by atoms with Crippen LogP contribution in [0.15, 0.2) is 11.1 Å². The molecule has 6 heteroatoms. The molecular formula is C4H5IN2O2S. The normalized spacial score (nSPS) is 13.5. The number of hydrogen-bond acceptors (Lipinski definition) is 2. The maximum atomic E-state index is 10.5. The molecule has 0 radical (unpaired) electrons. The van der Waals surface area contributed by atoms with Crippen LogP contribution >= 0.6 is 22.6 Å². The highest BCUT2D eigenvalue weighted by atomic mass is 127. The second kappa shape index (κ2) is 2.97. The number of halogens is 1. The van der Waals surface area contributed by atoms with Gasteiger partial charge in [0.25, 0.3) is 0 Å². The molecule has 0 amide bonds. The largest absolute Gasteiger partial charge is 0.302 e. The molecule has 0 saturated carbocycles. The van der Waals surface area contributed by atoms with Gasteiger partial charge >= 0.3 is 0 Å². The van der Waals surface area contributed by atoms with E-state index in [0.717, 1.165) is 0 Å². The van der Waals surface area contributed by atoms with E-state index >= 15 is 0 Å². The third kappa shape index (κ3) is 1.38. The molecule has 4 nitrogen and oxygen atoms in total. The molecule has 0 fully saturated rings. The first-order valence-corrected chi connectivity index (χ1v) is 4.60. The van der Waals surface area contributed by atoms with Crippen LogP contribution in [0.4, 0.5) is 0 Å². The van der Waals surface area contributed by atoms with Crippen LogP contribution in [0.1, 0.15) is 0 Å². The number of hydrogen-bond donors (Lipinski definition) is 1. The molecule has 56 valence electrons. The Morgan fingerprint density at radius 2 is 2.50 bits per heavy atom. The fraction of sp³-hybridized carbons (Fsp3) is 0.250. The molecule has 1 heterocycles. The van der Waals surface area contributed by atoms with Crippen molar-refractivity contribution in [1.29, 1.82) is 0 Å². The number of nitrogens with zero attached hydrogens (tertiary/aromatic N) is 2. The Balaban J connectivity index is 3.17. The van der Waals surface area contributed by atoms with E-state index in [1.165, 1.54) is 6.20 Å². The molecular weight excluding hydrogens is 267 g/mol. The van der Waals surface area contributed by atoms with Crippen molar-refractivity contribution in [2.24, 2.45) is 7.05 Å². The minimum atomic E-state index is -1.91. The van der Waals surface area contributed by atoms with Gasteiger partial charge in [0.1, 0.15) is 8.60 Å². The fourth-order valence-corrected chi connectivity index (χ4v) is 1.76. The molecule has 10 heavy (non-hydrogen) atoms. The van der Waals surface area contributed by atoms with E-state index < -0.39 is 11.1 Å². The number of rotatable bonds is 1. The second-order valence-electron chi connectivity index (χ2n) is 1.67. The Labute approximate surface area is 74.0 Å². The second-order valence-corrected chi connectivity index (χ2v) is 3.63. The lowest BCUT2D eigenvalue weighted by Gasteiger charge is -1.90. The highest BCUT2D eigenvalue weighted by molar-refractivity contribution is 14.1. The number of aromatic nitrogens is 2. The van der Waals surface area contributed by atoms with Crippen LogP contribution in [0.5, 0.6) is 0 Å². The van der Waals surface area contributed by atoms with Crippen LogP contribution in [-0.4, -0.2) is 18.5 Å². The van der Waals surface area contributed by atoms with E-state index in [4.69, 9.17) is 4.55 Å². The van der Waals surface area contributed by atoms with Gasteiger partial charge in [0.15, 0.2) is 11.1 Å². The molecule has 1 rings (SSSR count). The molecule has 1 aromatic rings. The third-order valence-electron chi connectivity index (χ3n) is 1.02. The van der Waals surface area contributed by atoms with Crippen molar-refractivity contribution in [1.82, 2.24) is 9.78 Å². The average Bonchev–Trinajstić information content (AvgIpc) is 2.14. The first kappa shape index (κ1) is 8.15. The summed E-state index contributed by atoms with van der Waals surface area (Å²) in [6, 6.07) is 0. The molecule has 0 aromatic carbocycles. The summed E-state index contributed by atoms with van der Waals surface area (Å²) >= 11 is 0.0522. The summed E-state index contributed by atoms with van der Waals surface area (Å²) in [5.41, 5.74) is 0. The zero-order valence-corrected chi connectivity index (χ0v) is 8.09. The van der Waals surface area contributed by atoms with Gasteiger partial charge in [0, 0.05) is 7.05 Å². The quantitative estimate of drug-likeness (QED) is 0.602. The summed E-state index contributed by atoms with van der Waals surface area (Å²) < 4.78 is 21.4. The standard InChI is InChI=1S/C4H5IN2O2S/c1-7-4(5)3(2-6-7)10(8)9/h2H,1H3,(H,8,9). The molecule has 0 aliphatic carbocycles. The van der Waals surface area contributed by atoms with E-state index in [1.54, 1.807) is 11.7 Å². The molecule has 0 spiro atoms. The molecule has 1 unspecified atom stereocenters. The Morgan fingerprint density at radius 3 is 2.70 bits per heavy atom. The monoisotopic (exact) mass is 272 g/mol. The lowest BCUT2D eigenvalue weighted by atomic mass is 10.7. The summed E-state index contributed by atoms with van der Waals surface area (Å²) in [5, 5.41) is 3.79. The van der Waals surface area contributed by atoms with Gasteiger partial charge in [-0.2, -0.15) is 5.10 Å². The van der Waals surface area contributed by atoms with E-state index in [-0.39, 0.29) is 0 Å². The Hall–Kier alpha value is 0.0500. The van der Waals surface area contributed by atoms with Gasteiger partial charge in [-0.3, -0.25) is 4.68 Å². The van der Waals surface area contributed by atoms with Gasteiger partial charge in [0.2, 0.25) is 0 Å². The summed E-state index contributed by atoms with van der Waals surface area (Å²) in [6.45, 7) is 0. The Bertz CT molecular complexity index is 272. The van der Waals surface area contributed by atoms with Gasteiger partial charge in [0.05, 0.1) is 6.20 Å². The van der Waals surface area contributed by atoms with Gasteiger partial charge in [-0.15, -0.1) is 0 Å². The van der Waals surface area contributed by atoms with E-state index in [2.05, 4.69) is 5.10 Å². The van der Waals surface area contributed by atoms with Crippen LogP contribution in [0.25, 0.3) is 0 Å². The van der Waals surface area contributed by atoms with Crippen molar-refractivity contribution in [3.05, 3.63) is 9.90 Å². The van der Waals surface area contributed by atoms with Crippen molar-refractivity contribution < 1.29 is 8.76 Å². The predicted molar refractivity (Wildman–Crippen MR) is 45.0 cm³/mol. The maximum Gasteiger partial charge on any atom is 0.190 e. The topological polar surface area (TPSA) is 55.1 Å². The van der Waals surface area contributed by atoms with E-state index in [0.29, 0.717) is 8.60 Å². The summed E-state index contributed by atoms with van der Waals surface area (Å²) in [6.07, 6.45) is 1.39. The summed E-state index contributed by atoms with van der Waals surface area (Å²) in [4.78, 5) is 0.364. The summed E-state index contributed by atoms with van der Waals surface area (Å²) in [7, 11) is 1.72. The van der Waals surface area contributed by atoms with Crippen molar-refractivity contribution in [2.45, 2.75) is 4.90 Å². The third-order valence-corrected chi connectivity index (χ3v) is 3.34. The van der Waals surface area contributed by atoms with Gasteiger partial charge < -0.3 is 4.55 Å². The van der Waals surface area contributed by atoms with Crippen LogP contribution in [0.3, 0.4) is 0 Å². The van der Waals surface area contributed by atoms with Gasteiger partial charge in [-0.1, -0.05) is 0 Å². The highest BCUT2D eigenvalue weighted by Crippen LogP contribution is 2.12. The molecule has 1 aromatic heterocycles. The van der Waals surface area contributed by atoms with Crippen molar-refractivity contribution in [3.8, 4) is 0 Å². The first-order chi connectivity index (χ1) is 4.63. The maximum absolute atomic E-state index is 10.5. The molecule has 0 aliphatic rings.